The van der Waals surface area contributed by atoms with Gasteiger partial charge in [-0.1, -0.05) is 0 Å². The van der Waals surface area contributed by atoms with Crippen molar-refractivity contribution in [3.63, 3.8) is 0 Å². The number of pyridine rings is 4. The van der Waals surface area contributed by atoms with E-state index in [2.05, 4.69) is 75.9 Å². The molecule has 0 radical (unpaired) electrons. The molecule has 0 atom stereocenters. The van der Waals surface area contributed by atoms with Gasteiger partial charge in [-0.05, 0) is 146 Å². The molecule has 16 heteroatoms. The molecule has 10 rings (SSSR count). The molecule has 0 fully saturated rings. The number of carbonyl (C=O) groups is 2. The maximum absolute atomic E-state index is 12.8. The first kappa shape index (κ1) is 54.5. The quantitative estimate of drug-likeness (QED) is 0.0747. The van der Waals surface area contributed by atoms with Crippen LogP contribution in [-0.2, 0) is 14.1 Å². The molecule has 0 bridgehead atoms. The highest BCUT2D eigenvalue weighted by Gasteiger charge is 2.12. The van der Waals surface area contributed by atoms with E-state index in [9.17, 15) is 9.59 Å². The van der Waals surface area contributed by atoms with Gasteiger partial charge in [-0.25, -0.2) is 9.13 Å². The van der Waals surface area contributed by atoms with Crippen molar-refractivity contribution < 1.29 is 43.5 Å². The molecule has 0 spiro atoms. The van der Waals surface area contributed by atoms with E-state index in [1.807, 2.05) is 222 Å². The van der Waals surface area contributed by atoms with Gasteiger partial charge in [0.1, 0.15) is 14.1 Å². The number of benzene rings is 6. The van der Waals surface area contributed by atoms with Gasteiger partial charge in [-0.2, -0.15) is 0 Å². The van der Waals surface area contributed by atoms with Gasteiger partial charge in [-0.15, -0.1) is 0 Å². The summed E-state index contributed by atoms with van der Waals surface area (Å²) in [7, 11) is 12.0. The Morgan fingerprint density at radius 3 is 1.03 bits per heavy atom. The van der Waals surface area contributed by atoms with Crippen LogP contribution < -0.4 is 75.6 Å². The van der Waals surface area contributed by atoms with E-state index >= 15 is 0 Å². The van der Waals surface area contributed by atoms with Crippen LogP contribution in [-0.4, -0.2) is 50.0 Å². The van der Waals surface area contributed by atoms with Crippen molar-refractivity contribution in [3.05, 3.63) is 218 Å². The van der Waals surface area contributed by atoms with Gasteiger partial charge < -0.3 is 66.5 Å². The molecule has 384 valence electrons. The summed E-state index contributed by atoms with van der Waals surface area (Å²) in [6.45, 7) is 0. The first-order valence-electron chi connectivity index (χ1n) is 24.0. The van der Waals surface area contributed by atoms with Crippen molar-refractivity contribution in [2.45, 2.75) is 0 Å². The molecule has 10 aromatic rings. The SMILES string of the molecule is CN(C)c1ccc2nccc(Nc3ccc(C(=O)Nc4ccc(Nc5cc[n+](C)cc5)cc4)cc3)c2c1.CN(C)c1ccc2nccc(Nc3ccc(C(=O)Nc4ccc(Nc5cc[n+](C)cc5)cc4)cc3)c2c1.[Cl-].[Cl-]. The number of fused-ring (bicyclic) bond motifs is 2. The summed E-state index contributed by atoms with van der Waals surface area (Å²) < 4.78 is 3.96. The van der Waals surface area contributed by atoms with Crippen molar-refractivity contribution in [2.24, 2.45) is 14.1 Å². The summed E-state index contributed by atoms with van der Waals surface area (Å²) in [5.41, 5.74) is 14.3. The summed E-state index contributed by atoms with van der Waals surface area (Å²) in [5.74, 6) is -0.319. The molecule has 0 saturated heterocycles. The van der Waals surface area contributed by atoms with Gasteiger partial charge in [0, 0.05) is 144 Å². The van der Waals surface area contributed by atoms with Crippen molar-refractivity contribution in [1.29, 1.82) is 0 Å². The summed E-state index contributed by atoms with van der Waals surface area (Å²) in [6, 6.07) is 54.5. The highest BCUT2D eigenvalue weighted by Crippen LogP contribution is 2.31. The number of amides is 2. The molecular formula is C60H58Cl2N12O2. The lowest BCUT2D eigenvalue weighted by molar-refractivity contribution is -0.671. The number of anilines is 12. The van der Waals surface area contributed by atoms with Gasteiger partial charge in [0.2, 0.25) is 0 Å². The number of hydrogen-bond donors (Lipinski definition) is 6. The molecule has 0 aliphatic carbocycles. The van der Waals surface area contributed by atoms with Gasteiger partial charge in [0.25, 0.3) is 11.8 Å². The average Bonchev–Trinajstić information content (AvgIpc) is 3.41. The monoisotopic (exact) mass is 1050 g/mol. The van der Waals surface area contributed by atoms with Gasteiger partial charge in [-0.3, -0.25) is 19.6 Å². The molecule has 6 N–H and O–H groups in total. The van der Waals surface area contributed by atoms with E-state index in [1.165, 1.54) is 0 Å². The largest absolute Gasteiger partial charge is 1.00 e. The highest BCUT2D eigenvalue weighted by atomic mass is 35.5. The molecule has 0 unspecified atom stereocenters. The molecule has 4 aromatic heterocycles. The number of carbonyl (C=O) groups excluding carboxylic acids is 2. The Bertz CT molecular complexity index is 3310. The van der Waals surface area contributed by atoms with Crippen LogP contribution >= 0.6 is 0 Å². The second kappa shape index (κ2) is 25.1. The first-order chi connectivity index (χ1) is 35.9. The number of rotatable bonds is 14. The van der Waals surface area contributed by atoms with Crippen LogP contribution in [0, 0.1) is 0 Å². The third-order valence-electron chi connectivity index (χ3n) is 12.2. The molecular weight excluding hydrogens is 992 g/mol. The molecule has 2 amide bonds. The predicted octanol–water partition coefficient (Wildman–Crippen LogP) is 5.74. The molecule has 0 aliphatic heterocycles. The molecule has 0 aliphatic rings. The zero-order valence-electron chi connectivity index (χ0n) is 42.9. The lowest BCUT2D eigenvalue weighted by Crippen LogP contribution is -3.00. The number of halogens is 2. The minimum atomic E-state index is -0.159. The minimum absolute atomic E-state index is 0. The van der Waals surface area contributed by atoms with E-state index in [0.29, 0.717) is 11.1 Å². The Hall–Kier alpha value is -9.24. The number of hydrogen-bond acceptors (Lipinski definition) is 10. The fourth-order valence-electron chi connectivity index (χ4n) is 7.95. The highest BCUT2D eigenvalue weighted by molar-refractivity contribution is 6.05. The Morgan fingerprint density at radius 2 is 0.684 bits per heavy atom. The van der Waals surface area contributed by atoms with Crippen molar-refractivity contribution in [2.75, 3.05) is 69.9 Å². The zero-order chi connectivity index (χ0) is 51.6. The fourth-order valence-corrected chi connectivity index (χ4v) is 7.95. The molecule has 14 nitrogen and oxygen atoms in total. The van der Waals surface area contributed by atoms with Crippen LogP contribution in [0.4, 0.5) is 68.2 Å². The van der Waals surface area contributed by atoms with Crippen molar-refractivity contribution in [1.82, 2.24) is 9.97 Å². The van der Waals surface area contributed by atoms with E-state index in [1.54, 1.807) is 12.4 Å². The zero-order valence-corrected chi connectivity index (χ0v) is 44.4. The maximum Gasteiger partial charge on any atom is 0.255 e. The fraction of sp³-hybridized carbons (Fsp3) is 0.100. The van der Waals surface area contributed by atoms with E-state index < -0.39 is 0 Å². The lowest BCUT2D eigenvalue weighted by atomic mass is 10.1. The first-order valence-corrected chi connectivity index (χ1v) is 24.0. The Kier molecular flexibility index (Phi) is 18.0. The normalized spacial score (nSPS) is 10.4. The van der Waals surface area contributed by atoms with E-state index in [0.717, 1.165) is 90.1 Å². The molecule has 76 heavy (non-hydrogen) atoms. The lowest BCUT2D eigenvalue weighted by Gasteiger charge is -2.15. The number of aromatic nitrogens is 4. The van der Waals surface area contributed by atoms with E-state index in [4.69, 9.17) is 0 Å². The molecule has 4 heterocycles. The third-order valence-corrected chi connectivity index (χ3v) is 12.2. The standard InChI is InChI=1S/2C30H28N6O.2ClH/c2*1-35(2)26-12-13-28-27(20-26)29(14-17-31-28)33-23-6-4-21(5-7-23)30(37)34-24-10-8-22(9-11-24)32-25-15-18-36(3)19-16-25;;/h2*4-20H,1-3H3,(H2,31,33,34,37);2*1H. The van der Waals surface area contributed by atoms with Crippen molar-refractivity contribution in [3.8, 4) is 0 Å². The smallest absolute Gasteiger partial charge is 0.255 e. The maximum atomic E-state index is 12.8. The van der Waals surface area contributed by atoms with Crippen LogP contribution in [0.25, 0.3) is 21.8 Å². The molecule has 0 saturated carbocycles. The Labute approximate surface area is 455 Å². The average molecular weight is 1050 g/mol. The summed E-state index contributed by atoms with van der Waals surface area (Å²) in [4.78, 5) is 38.7. The number of nitrogens with one attached hydrogen (secondary N) is 6. The van der Waals surface area contributed by atoms with E-state index in [-0.39, 0.29) is 36.6 Å². The topological polar surface area (TPSA) is 146 Å². The van der Waals surface area contributed by atoms with Gasteiger partial charge in [0.15, 0.2) is 24.8 Å². The predicted molar refractivity (Wildman–Crippen MR) is 302 cm³/mol. The Balaban J connectivity index is 0.000000216. The van der Waals surface area contributed by atoms with Crippen LogP contribution in [0.2, 0.25) is 0 Å². The van der Waals surface area contributed by atoms with Crippen LogP contribution in [0.3, 0.4) is 0 Å². The second-order valence-electron chi connectivity index (χ2n) is 18.1. The Morgan fingerprint density at radius 1 is 0.382 bits per heavy atom. The number of nitrogens with zero attached hydrogens (tertiary/aromatic N) is 6. The van der Waals surface area contributed by atoms with Crippen LogP contribution in [0.1, 0.15) is 20.7 Å². The summed E-state index contributed by atoms with van der Waals surface area (Å²) in [6.07, 6.45) is 11.5. The minimum Gasteiger partial charge on any atom is -1.00 e. The third kappa shape index (κ3) is 14.1. The summed E-state index contributed by atoms with van der Waals surface area (Å²) in [5, 5.41) is 21.6. The molecule has 6 aromatic carbocycles. The second-order valence-corrected chi connectivity index (χ2v) is 18.1. The summed E-state index contributed by atoms with van der Waals surface area (Å²) >= 11 is 0. The van der Waals surface area contributed by atoms with Crippen molar-refractivity contribution >= 4 is 102 Å². The number of aryl methyl sites for hydroxylation is 2. The van der Waals surface area contributed by atoms with Crippen LogP contribution in [0.15, 0.2) is 207 Å². The van der Waals surface area contributed by atoms with Crippen LogP contribution in [0.5, 0.6) is 0 Å². The van der Waals surface area contributed by atoms with Gasteiger partial charge in [0.05, 0.1) is 22.4 Å². The van der Waals surface area contributed by atoms with Gasteiger partial charge >= 0.3 is 0 Å².